The van der Waals surface area contributed by atoms with Gasteiger partial charge in [0.2, 0.25) is 17.7 Å². The second-order valence-corrected chi connectivity index (χ2v) is 8.51. The number of nitrogens with one attached hydrogen (secondary N) is 1. The Morgan fingerprint density at radius 3 is 2.32 bits per heavy atom. The van der Waals surface area contributed by atoms with Crippen molar-refractivity contribution in [2.24, 2.45) is 16.9 Å². The average Bonchev–Trinajstić information content (AvgIpc) is 3.33. The number of rotatable bonds is 3. The Hall–Kier alpha value is -4.33. The van der Waals surface area contributed by atoms with Gasteiger partial charge in [0.15, 0.2) is 0 Å². The molecule has 3 amide bonds. The minimum Gasteiger partial charge on any atom is -0.324 e. The summed E-state index contributed by atoms with van der Waals surface area (Å²) >= 11 is 0. The molecule has 0 bridgehead atoms. The Kier molecular flexibility index (Phi) is 4.55. The Morgan fingerprint density at radius 2 is 1.53 bits per heavy atom. The Morgan fingerprint density at radius 1 is 0.853 bits per heavy atom. The highest BCUT2D eigenvalue weighted by molar-refractivity contribution is 6.24. The van der Waals surface area contributed by atoms with E-state index in [9.17, 15) is 18.8 Å². The van der Waals surface area contributed by atoms with Crippen LogP contribution in [0.2, 0.25) is 0 Å². The SMILES string of the molecule is O=C(Nc1ccccc1)[C@@H]1[C@@H]2C(=O)N(c3ccccc3F)C(=O)[C@H]2[C@@H]2c3ccccc3C=NN12. The lowest BCUT2D eigenvalue weighted by Crippen LogP contribution is -2.46. The van der Waals surface area contributed by atoms with E-state index in [1.54, 1.807) is 41.6 Å². The van der Waals surface area contributed by atoms with Crippen LogP contribution in [0.1, 0.15) is 17.2 Å². The molecule has 4 atom stereocenters. The fraction of sp³-hybridized carbons (Fsp3) is 0.154. The van der Waals surface area contributed by atoms with Crippen molar-refractivity contribution in [3.8, 4) is 0 Å². The van der Waals surface area contributed by atoms with E-state index in [4.69, 9.17) is 0 Å². The topological polar surface area (TPSA) is 82.1 Å². The lowest BCUT2D eigenvalue weighted by Gasteiger charge is -2.33. The molecule has 3 aromatic carbocycles. The van der Waals surface area contributed by atoms with Gasteiger partial charge in [-0.15, -0.1) is 0 Å². The summed E-state index contributed by atoms with van der Waals surface area (Å²) in [7, 11) is 0. The number of hydrogen-bond acceptors (Lipinski definition) is 5. The summed E-state index contributed by atoms with van der Waals surface area (Å²) in [5, 5.41) is 8.90. The molecule has 0 aliphatic carbocycles. The smallest absolute Gasteiger partial charge is 0.249 e. The maximum absolute atomic E-state index is 14.6. The van der Waals surface area contributed by atoms with Gasteiger partial charge in [-0.2, -0.15) is 5.10 Å². The standard InChI is InChI=1S/C26H19FN4O3/c27-18-12-6-7-13-19(18)30-25(33)20-21(26(30)34)23(24(32)29-16-9-2-1-3-10-16)31-22(20)17-11-5-4-8-15(17)14-28-31/h1-14,20-23H,(H,29,32)/t20-,21-,22+,23+/m1/s1. The van der Waals surface area contributed by atoms with Crippen LogP contribution in [-0.2, 0) is 14.4 Å². The first-order valence-electron chi connectivity index (χ1n) is 11.0. The van der Waals surface area contributed by atoms with E-state index in [-0.39, 0.29) is 5.69 Å². The summed E-state index contributed by atoms with van der Waals surface area (Å²) in [6.45, 7) is 0. The minimum absolute atomic E-state index is 0.103. The van der Waals surface area contributed by atoms with Crippen molar-refractivity contribution >= 4 is 35.3 Å². The van der Waals surface area contributed by atoms with Crippen LogP contribution in [0.15, 0.2) is 84.0 Å². The predicted molar refractivity (Wildman–Crippen MR) is 123 cm³/mol. The molecule has 2 fully saturated rings. The summed E-state index contributed by atoms with van der Waals surface area (Å²) in [4.78, 5) is 41.7. The first-order valence-corrected chi connectivity index (χ1v) is 11.0. The summed E-state index contributed by atoms with van der Waals surface area (Å²) < 4.78 is 14.6. The molecule has 0 aromatic heterocycles. The number of anilines is 2. The summed E-state index contributed by atoms with van der Waals surface area (Å²) in [6.07, 6.45) is 1.64. The van der Waals surface area contributed by atoms with E-state index < -0.39 is 47.5 Å². The van der Waals surface area contributed by atoms with Crippen LogP contribution in [0.25, 0.3) is 0 Å². The van der Waals surface area contributed by atoms with Gasteiger partial charge in [-0.1, -0.05) is 54.6 Å². The highest BCUT2D eigenvalue weighted by atomic mass is 19.1. The van der Waals surface area contributed by atoms with E-state index in [2.05, 4.69) is 10.4 Å². The van der Waals surface area contributed by atoms with Crippen molar-refractivity contribution in [2.45, 2.75) is 12.1 Å². The third kappa shape index (κ3) is 2.88. The molecule has 8 heteroatoms. The molecule has 3 aliphatic heterocycles. The van der Waals surface area contributed by atoms with Crippen molar-refractivity contribution in [1.29, 1.82) is 0 Å². The van der Waals surface area contributed by atoms with Gasteiger partial charge in [0, 0.05) is 5.69 Å². The zero-order chi connectivity index (χ0) is 23.4. The van der Waals surface area contributed by atoms with Gasteiger partial charge in [0.05, 0.1) is 29.8 Å². The highest BCUT2D eigenvalue weighted by Crippen LogP contribution is 2.52. The molecule has 6 rings (SSSR count). The number of benzene rings is 3. The van der Waals surface area contributed by atoms with Gasteiger partial charge >= 0.3 is 0 Å². The molecule has 0 radical (unpaired) electrons. The zero-order valence-electron chi connectivity index (χ0n) is 17.8. The number of fused-ring (bicyclic) bond motifs is 5. The fourth-order valence-electron chi connectivity index (χ4n) is 5.28. The van der Waals surface area contributed by atoms with E-state index >= 15 is 0 Å². The number of amides is 3. The number of carbonyl (C=O) groups excluding carboxylic acids is 3. The molecular weight excluding hydrogens is 435 g/mol. The molecule has 34 heavy (non-hydrogen) atoms. The number of nitrogens with zero attached hydrogens (tertiary/aromatic N) is 3. The summed E-state index contributed by atoms with van der Waals surface area (Å²) in [5.41, 5.74) is 2.08. The maximum atomic E-state index is 14.6. The molecule has 0 saturated carbocycles. The molecule has 3 aromatic rings. The van der Waals surface area contributed by atoms with Crippen LogP contribution in [0.4, 0.5) is 15.8 Å². The lowest BCUT2D eigenvalue weighted by atomic mass is 9.85. The van der Waals surface area contributed by atoms with Crippen molar-refractivity contribution in [1.82, 2.24) is 5.01 Å². The van der Waals surface area contributed by atoms with Crippen LogP contribution in [0, 0.1) is 17.7 Å². The number of hydrazone groups is 1. The monoisotopic (exact) mass is 454 g/mol. The average molecular weight is 454 g/mol. The lowest BCUT2D eigenvalue weighted by molar-refractivity contribution is -0.129. The van der Waals surface area contributed by atoms with Crippen LogP contribution in [0.5, 0.6) is 0 Å². The van der Waals surface area contributed by atoms with Gasteiger partial charge < -0.3 is 5.32 Å². The first kappa shape index (κ1) is 20.3. The Labute approximate surface area is 194 Å². The van der Waals surface area contributed by atoms with Crippen molar-refractivity contribution < 1.29 is 18.8 Å². The quantitative estimate of drug-likeness (QED) is 0.616. The van der Waals surface area contributed by atoms with Gasteiger partial charge in [-0.05, 0) is 35.4 Å². The largest absolute Gasteiger partial charge is 0.324 e. The molecular formula is C26H19FN4O3. The van der Waals surface area contributed by atoms with Crippen LogP contribution >= 0.6 is 0 Å². The van der Waals surface area contributed by atoms with Crippen LogP contribution < -0.4 is 10.2 Å². The third-order valence-electron chi connectivity index (χ3n) is 6.70. The predicted octanol–water partition coefficient (Wildman–Crippen LogP) is 3.34. The van der Waals surface area contributed by atoms with Crippen molar-refractivity contribution in [3.05, 3.63) is 95.8 Å². The molecule has 0 unspecified atom stereocenters. The zero-order valence-corrected chi connectivity index (χ0v) is 17.8. The highest BCUT2D eigenvalue weighted by Gasteiger charge is 2.65. The Bertz CT molecular complexity index is 1360. The maximum Gasteiger partial charge on any atom is 0.249 e. The van der Waals surface area contributed by atoms with Gasteiger partial charge in [-0.3, -0.25) is 19.4 Å². The molecule has 3 aliphatic rings. The first-order chi connectivity index (χ1) is 16.6. The molecule has 0 spiro atoms. The third-order valence-corrected chi connectivity index (χ3v) is 6.70. The number of halogens is 1. The fourth-order valence-corrected chi connectivity index (χ4v) is 5.28. The summed E-state index contributed by atoms with van der Waals surface area (Å²) in [6, 6.07) is 20.3. The van der Waals surface area contributed by atoms with Gasteiger partial charge in [0.1, 0.15) is 11.9 Å². The molecule has 3 heterocycles. The van der Waals surface area contributed by atoms with Gasteiger partial charge in [0.25, 0.3) is 0 Å². The van der Waals surface area contributed by atoms with E-state index in [0.717, 1.165) is 16.0 Å². The van der Waals surface area contributed by atoms with Crippen molar-refractivity contribution in [3.63, 3.8) is 0 Å². The van der Waals surface area contributed by atoms with E-state index in [1.165, 1.54) is 18.2 Å². The normalized spacial score (nSPS) is 24.6. The van der Waals surface area contributed by atoms with E-state index in [0.29, 0.717) is 5.69 Å². The van der Waals surface area contributed by atoms with E-state index in [1.807, 2.05) is 30.3 Å². The van der Waals surface area contributed by atoms with Crippen LogP contribution in [-0.4, -0.2) is 35.0 Å². The molecule has 2 saturated heterocycles. The minimum atomic E-state index is -1.03. The second kappa shape index (κ2) is 7.62. The van der Waals surface area contributed by atoms with Crippen molar-refractivity contribution in [2.75, 3.05) is 10.2 Å². The molecule has 1 N–H and O–H groups in total. The number of carbonyl (C=O) groups is 3. The second-order valence-electron chi connectivity index (χ2n) is 8.51. The van der Waals surface area contributed by atoms with Gasteiger partial charge in [-0.25, -0.2) is 9.29 Å². The Balaban J connectivity index is 1.46. The number of imide groups is 1. The molecule has 7 nitrogen and oxygen atoms in total. The number of para-hydroxylation sites is 2. The van der Waals surface area contributed by atoms with Crippen LogP contribution in [0.3, 0.4) is 0 Å². The molecule has 168 valence electrons. The number of hydrogen-bond donors (Lipinski definition) is 1. The summed E-state index contributed by atoms with van der Waals surface area (Å²) in [5.74, 6) is -4.14.